The third-order valence-electron chi connectivity index (χ3n) is 1.65. The number of benzene rings is 1. The molecule has 0 amide bonds. The van der Waals surface area contributed by atoms with Crippen molar-refractivity contribution in [1.29, 1.82) is 0 Å². The van der Waals surface area contributed by atoms with Gasteiger partial charge in [-0.05, 0) is 37.1 Å². The van der Waals surface area contributed by atoms with E-state index in [0.29, 0.717) is 5.56 Å². The van der Waals surface area contributed by atoms with Crippen molar-refractivity contribution in [3.8, 4) is 5.75 Å². The number of aryl methyl sites for hydroxylation is 2. The zero-order valence-corrected chi connectivity index (χ0v) is 11.9. The Labute approximate surface area is 108 Å². The number of phenolic OH excluding ortho intramolecular Hbond substituents is 1. The van der Waals surface area contributed by atoms with Crippen LogP contribution in [0.5, 0.6) is 5.75 Å². The standard InChI is InChI=1S/C9H10O2.Ac/c1-6-3-8(5-10)4-7(2)9(6)11;/h3-5,11H,1-2H3;. The first-order valence-electron chi connectivity index (χ1n) is 3.40. The zero-order chi connectivity index (χ0) is 8.43. The minimum absolute atomic E-state index is 0. The summed E-state index contributed by atoms with van der Waals surface area (Å²) in [6.45, 7) is 3.55. The SMILES string of the molecule is Cc1cc(C=O)cc(C)c1O.[Ac]. The molecular formula is C9H10AcO2. The van der Waals surface area contributed by atoms with Gasteiger partial charge in [-0.1, -0.05) is 0 Å². The summed E-state index contributed by atoms with van der Waals surface area (Å²) in [6.07, 6.45) is 0.777. The molecule has 0 aliphatic heterocycles. The average Bonchev–Trinajstić information content (AvgIpc) is 1.99. The number of carbonyl (C=O) groups is 1. The van der Waals surface area contributed by atoms with Crippen molar-refractivity contribution in [3.63, 3.8) is 0 Å². The van der Waals surface area contributed by atoms with Gasteiger partial charge in [0.1, 0.15) is 12.0 Å². The van der Waals surface area contributed by atoms with Gasteiger partial charge in [0.25, 0.3) is 0 Å². The van der Waals surface area contributed by atoms with Gasteiger partial charge in [-0.15, -0.1) is 0 Å². The van der Waals surface area contributed by atoms with E-state index >= 15 is 0 Å². The Balaban J connectivity index is 0.00000121. The van der Waals surface area contributed by atoms with Crippen LogP contribution in [0.4, 0.5) is 0 Å². The Morgan fingerprint density at radius 2 is 1.67 bits per heavy atom. The van der Waals surface area contributed by atoms with Gasteiger partial charge in [0.2, 0.25) is 0 Å². The van der Waals surface area contributed by atoms with Crippen LogP contribution in [0.2, 0.25) is 0 Å². The largest absolute Gasteiger partial charge is 0.507 e. The van der Waals surface area contributed by atoms with E-state index in [2.05, 4.69) is 0 Å². The molecule has 3 heteroatoms. The van der Waals surface area contributed by atoms with Crippen LogP contribution in [0.3, 0.4) is 0 Å². The van der Waals surface area contributed by atoms with E-state index in [1.807, 2.05) is 0 Å². The van der Waals surface area contributed by atoms with Crippen LogP contribution in [-0.2, 0) is 0 Å². The molecule has 2 nitrogen and oxygen atoms in total. The molecule has 0 spiro atoms. The second kappa shape index (κ2) is 4.99. The number of hydrogen-bond donors (Lipinski definition) is 1. The molecule has 0 fully saturated rings. The normalized spacial score (nSPS) is 8.83. The molecule has 0 aromatic heterocycles. The van der Waals surface area contributed by atoms with Crippen LogP contribution >= 0.6 is 0 Å². The maximum Gasteiger partial charge on any atom is 0.150 e. The Bertz CT molecular complexity index is 272. The van der Waals surface area contributed by atoms with Gasteiger partial charge in [0, 0.05) is 49.6 Å². The van der Waals surface area contributed by atoms with Crippen LogP contribution in [0.25, 0.3) is 0 Å². The first-order chi connectivity index (χ1) is 5.15. The molecule has 0 heterocycles. The van der Waals surface area contributed by atoms with E-state index in [9.17, 15) is 9.90 Å². The maximum absolute atomic E-state index is 10.3. The molecule has 1 rings (SSSR count). The van der Waals surface area contributed by atoms with E-state index in [1.54, 1.807) is 26.0 Å². The molecule has 0 bridgehead atoms. The molecule has 0 atom stereocenters. The number of carbonyl (C=O) groups excluding carboxylic acids is 1. The van der Waals surface area contributed by atoms with Crippen LogP contribution < -0.4 is 0 Å². The van der Waals surface area contributed by atoms with Crippen LogP contribution in [0.15, 0.2) is 12.1 Å². The molecule has 0 aliphatic rings. The van der Waals surface area contributed by atoms with Crippen LogP contribution in [-0.4, -0.2) is 11.4 Å². The third-order valence-corrected chi connectivity index (χ3v) is 1.65. The van der Waals surface area contributed by atoms with E-state index in [4.69, 9.17) is 0 Å². The molecular weight excluding hydrogens is 367 g/mol. The summed E-state index contributed by atoms with van der Waals surface area (Å²) in [5.41, 5.74) is 2.09. The molecule has 1 N–H and O–H groups in total. The fraction of sp³-hybridized carbons (Fsp3) is 0.222. The summed E-state index contributed by atoms with van der Waals surface area (Å²) in [6, 6.07) is 3.32. The summed E-state index contributed by atoms with van der Waals surface area (Å²) in [5.74, 6) is 0.274. The zero-order valence-electron chi connectivity index (χ0n) is 7.16. The fourth-order valence-electron chi connectivity index (χ4n) is 1.06. The molecule has 0 saturated heterocycles. The summed E-state index contributed by atoms with van der Waals surface area (Å²) in [5, 5.41) is 9.31. The molecule has 0 unspecified atom stereocenters. The smallest absolute Gasteiger partial charge is 0.150 e. The molecule has 1 aromatic carbocycles. The monoisotopic (exact) mass is 377 g/mol. The van der Waals surface area contributed by atoms with Gasteiger partial charge in [0.05, 0.1) is 0 Å². The quantitative estimate of drug-likeness (QED) is 0.759. The Kier molecular flexibility index (Phi) is 5.05. The fourth-order valence-corrected chi connectivity index (χ4v) is 1.06. The van der Waals surface area contributed by atoms with Gasteiger partial charge >= 0.3 is 0 Å². The Morgan fingerprint density at radius 3 is 2.00 bits per heavy atom. The van der Waals surface area contributed by atoms with Crippen LogP contribution in [0, 0.1) is 57.9 Å². The van der Waals surface area contributed by atoms with Crippen molar-refractivity contribution in [2.75, 3.05) is 0 Å². The predicted octanol–water partition coefficient (Wildman–Crippen LogP) is 1.82. The average molecular weight is 377 g/mol. The topological polar surface area (TPSA) is 37.3 Å². The van der Waals surface area contributed by atoms with Crippen molar-refractivity contribution in [1.82, 2.24) is 0 Å². The number of aromatic hydroxyl groups is 1. The van der Waals surface area contributed by atoms with Gasteiger partial charge < -0.3 is 5.11 Å². The number of aldehydes is 1. The van der Waals surface area contributed by atoms with Crippen LogP contribution in [0.1, 0.15) is 21.5 Å². The number of hydrogen-bond acceptors (Lipinski definition) is 2. The molecule has 0 aliphatic carbocycles. The van der Waals surface area contributed by atoms with Gasteiger partial charge in [-0.2, -0.15) is 0 Å². The summed E-state index contributed by atoms with van der Waals surface area (Å²) >= 11 is 0. The summed E-state index contributed by atoms with van der Waals surface area (Å²) in [4.78, 5) is 10.3. The van der Waals surface area contributed by atoms with Crippen molar-refractivity contribution < 1.29 is 54.0 Å². The summed E-state index contributed by atoms with van der Waals surface area (Å²) in [7, 11) is 0. The Hall–Kier alpha value is 0.132. The van der Waals surface area contributed by atoms with Crippen molar-refractivity contribution in [2.45, 2.75) is 13.8 Å². The molecule has 1 radical (unpaired) electrons. The molecule has 12 heavy (non-hydrogen) atoms. The minimum atomic E-state index is 0. The van der Waals surface area contributed by atoms with Gasteiger partial charge in [0.15, 0.2) is 0 Å². The molecule has 1 aromatic rings. The maximum atomic E-state index is 10.3. The van der Waals surface area contributed by atoms with Crippen molar-refractivity contribution in [2.24, 2.45) is 0 Å². The third kappa shape index (κ3) is 2.57. The minimum Gasteiger partial charge on any atom is -0.507 e. The first kappa shape index (κ1) is 12.1. The molecule has 0 saturated carbocycles. The predicted molar refractivity (Wildman–Crippen MR) is 43.0 cm³/mol. The van der Waals surface area contributed by atoms with E-state index in [-0.39, 0.29) is 49.8 Å². The second-order valence-electron chi connectivity index (χ2n) is 2.62. The van der Waals surface area contributed by atoms with E-state index in [1.165, 1.54) is 0 Å². The van der Waals surface area contributed by atoms with Gasteiger partial charge in [-0.3, -0.25) is 4.79 Å². The van der Waals surface area contributed by atoms with E-state index < -0.39 is 0 Å². The van der Waals surface area contributed by atoms with E-state index in [0.717, 1.165) is 17.4 Å². The van der Waals surface area contributed by atoms with Crippen molar-refractivity contribution >= 4 is 6.29 Å². The second-order valence-corrected chi connectivity index (χ2v) is 2.62. The first-order valence-corrected chi connectivity index (χ1v) is 3.40. The number of rotatable bonds is 1. The number of phenols is 1. The Morgan fingerprint density at radius 1 is 1.25 bits per heavy atom. The van der Waals surface area contributed by atoms with Gasteiger partial charge in [-0.25, -0.2) is 0 Å². The molecule has 61 valence electrons. The summed E-state index contributed by atoms with van der Waals surface area (Å²) < 4.78 is 0. The van der Waals surface area contributed by atoms with Crippen molar-refractivity contribution in [3.05, 3.63) is 28.8 Å².